The second kappa shape index (κ2) is 7.92. The van der Waals surface area contributed by atoms with Gasteiger partial charge in [-0.15, -0.1) is 0 Å². The van der Waals surface area contributed by atoms with E-state index in [1.165, 1.54) is 12.0 Å². The Morgan fingerprint density at radius 1 is 1.39 bits per heavy atom. The number of rotatable bonds is 8. The molecule has 0 aromatic carbocycles. The smallest absolute Gasteiger partial charge is 0.323 e. The summed E-state index contributed by atoms with van der Waals surface area (Å²) >= 11 is 0. The molecule has 0 fully saturated rings. The van der Waals surface area contributed by atoms with E-state index in [0.29, 0.717) is 6.61 Å². The van der Waals surface area contributed by atoms with Crippen molar-refractivity contribution in [3.8, 4) is 0 Å². The topological polar surface area (TPSA) is 78.9 Å². The maximum atomic E-state index is 12.0. The Labute approximate surface area is 108 Å². The van der Waals surface area contributed by atoms with Crippen molar-refractivity contribution in [2.45, 2.75) is 39.2 Å². The summed E-state index contributed by atoms with van der Waals surface area (Å²) in [5.41, 5.74) is -0.338. The van der Waals surface area contributed by atoms with Crippen molar-refractivity contribution < 1.29 is 19.4 Å². The van der Waals surface area contributed by atoms with Crippen LogP contribution in [0.2, 0.25) is 0 Å². The number of carboxylic acids is 1. The molecule has 0 atom stereocenters. The van der Waals surface area contributed by atoms with Crippen LogP contribution in [0.1, 0.15) is 33.6 Å². The molecule has 0 rings (SSSR count). The third-order valence-corrected chi connectivity index (χ3v) is 2.50. The van der Waals surface area contributed by atoms with Gasteiger partial charge >= 0.3 is 12.0 Å². The minimum atomic E-state index is -1.03. The minimum absolute atomic E-state index is 0.261. The summed E-state index contributed by atoms with van der Waals surface area (Å²) in [5, 5.41) is 11.6. The average molecular weight is 260 g/mol. The Balaban J connectivity index is 4.49. The van der Waals surface area contributed by atoms with Gasteiger partial charge in [0.1, 0.15) is 6.54 Å². The first-order chi connectivity index (χ1) is 8.32. The summed E-state index contributed by atoms with van der Waals surface area (Å²) < 4.78 is 4.87. The van der Waals surface area contributed by atoms with Gasteiger partial charge in [0.05, 0.1) is 6.61 Å². The molecule has 0 aliphatic rings. The fourth-order valence-corrected chi connectivity index (χ4v) is 1.67. The van der Waals surface area contributed by atoms with Crippen LogP contribution in [0.3, 0.4) is 0 Å². The van der Waals surface area contributed by atoms with Gasteiger partial charge in [-0.2, -0.15) is 0 Å². The summed E-state index contributed by atoms with van der Waals surface area (Å²) in [5.74, 6) is -1.03. The number of carbonyl (C=O) groups excluding carboxylic acids is 1. The predicted molar refractivity (Wildman–Crippen MR) is 68.6 cm³/mol. The maximum Gasteiger partial charge on any atom is 0.323 e. The van der Waals surface area contributed by atoms with Crippen LogP contribution in [0.4, 0.5) is 4.79 Å². The van der Waals surface area contributed by atoms with Crippen molar-refractivity contribution in [2.24, 2.45) is 0 Å². The number of nitrogens with one attached hydrogen (secondary N) is 1. The zero-order valence-electron chi connectivity index (χ0n) is 11.7. The number of methoxy groups -OCH3 is 1. The Bertz CT molecular complexity index is 279. The lowest BCUT2D eigenvalue weighted by Crippen LogP contribution is -2.51. The summed E-state index contributed by atoms with van der Waals surface area (Å²) in [6.07, 6.45) is 1.79. The Hall–Kier alpha value is -1.30. The van der Waals surface area contributed by atoms with E-state index in [9.17, 15) is 9.59 Å². The molecule has 6 heteroatoms. The molecule has 2 amide bonds. The lowest BCUT2D eigenvalue weighted by atomic mass is 9.99. The molecule has 0 spiro atoms. The first-order valence-corrected chi connectivity index (χ1v) is 6.10. The van der Waals surface area contributed by atoms with Crippen LogP contribution in [0, 0.1) is 0 Å². The summed E-state index contributed by atoms with van der Waals surface area (Å²) in [6.45, 7) is 6.13. The van der Waals surface area contributed by atoms with Gasteiger partial charge in [-0.3, -0.25) is 4.79 Å². The normalized spacial score (nSPS) is 11.1. The van der Waals surface area contributed by atoms with Gasteiger partial charge in [-0.1, -0.05) is 13.3 Å². The van der Waals surface area contributed by atoms with E-state index in [4.69, 9.17) is 9.84 Å². The largest absolute Gasteiger partial charge is 0.480 e. The number of amides is 2. The first-order valence-electron chi connectivity index (χ1n) is 6.10. The Kier molecular flexibility index (Phi) is 7.35. The molecule has 0 aromatic rings. The molecule has 0 unspecified atom stereocenters. The number of carboxylic acid groups (broad SMARTS) is 1. The molecule has 0 saturated carbocycles. The molecule has 0 aliphatic carbocycles. The quantitative estimate of drug-likeness (QED) is 0.689. The highest BCUT2D eigenvalue weighted by molar-refractivity contribution is 5.80. The Morgan fingerprint density at radius 3 is 2.44 bits per heavy atom. The monoisotopic (exact) mass is 260 g/mol. The lowest BCUT2D eigenvalue weighted by molar-refractivity contribution is -0.137. The number of hydrogen-bond donors (Lipinski definition) is 2. The molecule has 0 radical (unpaired) electrons. The molecular formula is C12H24N2O4. The lowest BCUT2D eigenvalue weighted by Gasteiger charge is -2.30. The first kappa shape index (κ1) is 16.7. The zero-order chi connectivity index (χ0) is 14.2. The zero-order valence-corrected chi connectivity index (χ0v) is 11.7. The minimum Gasteiger partial charge on any atom is -0.480 e. The van der Waals surface area contributed by atoms with E-state index in [1.54, 1.807) is 0 Å². The molecule has 0 saturated heterocycles. The van der Waals surface area contributed by atoms with Crippen LogP contribution in [0.25, 0.3) is 0 Å². The molecule has 6 nitrogen and oxygen atoms in total. The van der Waals surface area contributed by atoms with Crippen molar-refractivity contribution in [3.63, 3.8) is 0 Å². The van der Waals surface area contributed by atoms with Crippen molar-refractivity contribution in [3.05, 3.63) is 0 Å². The predicted octanol–water partition coefficient (Wildman–Crippen LogP) is 1.31. The SMILES string of the molecule is CCCC(C)(C)NC(=O)N(CCOC)CC(=O)O. The van der Waals surface area contributed by atoms with Crippen LogP contribution >= 0.6 is 0 Å². The van der Waals surface area contributed by atoms with E-state index in [1.807, 2.05) is 20.8 Å². The van der Waals surface area contributed by atoms with E-state index in [-0.39, 0.29) is 24.7 Å². The fraction of sp³-hybridized carbons (Fsp3) is 0.833. The number of carbonyl (C=O) groups is 2. The third-order valence-electron chi connectivity index (χ3n) is 2.50. The highest BCUT2D eigenvalue weighted by Gasteiger charge is 2.24. The molecule has 0 aliphatic heterocycles. The number of ether oxygens (including phenoxy) is 1. The average Bonchev–Trinajstić information content (AvgIpc) is 2.22. The van der Waals surface area contributed by atoms with Gasteiger partial charge in [0.25, 0.3) is 0 Å². The summed E-state index contributed by atoms with van der Waals surface area (Å²) in [7, 11) is 1.51. The van der Waals surface area contributed by atoms with Gasteiger partial charge in [0.15, 0.2) is 0 Å². The van der Waals surface area contributed by atoms with Gasteiger partial charge in [-0.25, -0.2) is 4.79 Å². The maximum absolute atomic E-state index is 12.0. The standard InChI is InChI=1S/C12H24N2O4/c1-5-6-12(2,3)13-11(17)14(7-8-18-4)9-10(15)16/h5-9H2,1-4H3,(H,13,17)(H,15,16). The third kappa shape index (κ3) is 7.11. The second-order valence-corrected chi connectivity index (χ2v) is 4.87. The van der Waals surface area contributed by atoms with Crippen LogP contribution in [-0.2, 0) is 9.53 Å². The molecule has 106 valence electrons. The van der Waals surface area contributed by atoms with Gasteiger partial charge in [0.2, 0.25) is 0 Å². The molecule has 2 N–H and O–H groups in total. The van der Waals surface area contributed by atoms with Crippen LogP contribution in [0.15, 0.2) is 0 Å². The van der Waals surface area contributed by atoms with Crippen molar-refractivity contribution in [1.29, 1.82) is 0 Å². The number of urea groups is 1. The molecule has 0 heterocycles. The molecule has 0 bridgehead atoms. The molecular weight excluding hydrogens is 236 g/mol. The number of nitrogens with zero attached hydrogens (tertiary/aromatic N) is 1. The Morgan fingerprint density at radius 2 is 2.00 bits per heavy atom. The number of hydrogen-bond acceptors (Lipinski definition) is 3. The number of aliphatic carboxylic acids is 1. The van der Waals surface area contributed by atoms with Gasteiger partial charge < -0.3 is 20.1 Å². The van der Waals surface area contributed by atoms with Crippen LogP contribution in [-0.4, -0.2) is 54.4 Å². The van der Waals surface area contributed by atoms with E-state index in [0.717, 1.165) is 12.8 Å². The van der Waals surface area contributed by atoms with Crippen molar-refractivity contribution in [2.75, 3.05) is 26.8 Å². The van der Waals surface area contributed by atoms with E-state index in [2.05, 4.69) is 5.32 Å². The fourth-order valence-electron chi connectivity index (χ4n) is 1.67. The molecule has 0 aromatic heterocycles. The highest BCUT2D eigenvalue weighted by Crippen LogP contribution is 2.11. The van der Waals surface area contributed by atoms with Crippen LogP contribution < -0.4 is 5.32 Å². The highest BCUT2D eigenvalue weighted by atomic mass is 16.5. The van der Waals surface area contributed by atoms with Gasteiger partial charge in [0, 0.05) is 19.2 Å². The van der Waals surface area contributed by atoms with Crippen molar-refractivity contribution in [1.82, 2.24) is 10.2 Å². The second-order valence-electron chi connectivity index (χ2n) is 4.87. The van der Waals surface area contributed by atoms with E-state index < -0.39 is 5.97 Å². The van der Waals surface area contributed by atoms with Gasteiger partial charge in [-0.05, 0) is 20.3 Å². The molecule has 18 heavy (non-hydrogen) atoms. The van der Waals surface area contributed by atoms with Crippen molar-refractivity contribution >= 4 is 12.0 Å². The van der Waals surface area contributed by atoms with Crippen LogP contribution in [0.5, 0.6) is 0 Å². The van der Waals surface area contributed by atoms with E-state index >= 15 is 0 Å². The summed E-state index contributed by atoms with van der Waals surface area (Å²) in [4.78, 5) is 23.9. The summed E-state index contributed by atoms with van der Waals surface area (Å²) in [6, 6.07) is -0.368.